The van der Waals surface area contributed by atoms with Crippen molar-refractivity contribution in [2.75, 3.05) is 11.9 Å². The lowest BCUT2D eigenvalue weighted by Crippen LogP contribution is -2.05. The molecule has 0 unspecified atom stereocenters. The Bertz CT molecular complexity index is 1030. The molecule has 3 rings (SSSR count). The van der Waals surface area contributed by atoms with Crippen LogP contribution in [0.4, 0.5) is 14.5 Å². The number of anilines is 1. The summed E-state index contributed by atoms with van der Waals surface area (Å²) in [7, 11) is 0. The van der Waals surface area contributed by atoms with Crippen LogP contribution in [0.3, 0.4) is 0 Å². The lowest BCUT2D eigenvalue weighted by atomic mass is 10.2. The van der Waals surface area contributed by atoms with E-state index in [1.807, 2.05) is 13.0 Å². The van der Waals surface area contributed by atoms with E-state index >= 15 is 0 Å². The Morgan fingerprint density at radius 1 is 0.933 bits per heavy atom. The maximum atomic E-state index is 14.0. The number of hydrogen-bond acceptors (Lipinski definition) is 3. The van der Waals surface area contributed by atoms with E-state index in [2.05, 4.69) is 21.2 Å². The van der Waals surface area contributed by atoms with Crippen LogP contribution in [-0.4, -0.2) is 6.61 Å². The lowest BCUT2D eigenvalue weighted by molar-refractivity contribution is 0.265. The van der Waals surface area contributed by atoms with Gasteiger partial charge in [0, 0.05) is 22.3 Å². The molecule has 0 bridgehead atoms. The van der Waals surface area contributed by atoms with Gasteiger partial charge in [-0.05, 0) is 55.0 Å². The Labute approximate surface area is 192 Å². The average Bonchev–Trinajstić information content (AvgIpc) is 2.71. The van der Waals surface area contributed by atoms with Crippen molar-refractivity contribution in [2.45, 2.75) is 20.1 Å². The van der Waals surface area contributed by atoms with Crippen LogP contribution in [0.15, 0.2) is 53.0 Å². The summed E-state index contributed by atoms with van der Waals surface area (Å²) in [4.78, 5) is 0. The second-order valence-electron chi connectivity index (χ2n) is 6.29. The van der Waals surface area contributed by atoms with Crippen molar-refractivity contribution in [3.05, 3.63) is 85.8 Å². The zero-order valence-electron chi connectivity index (χ0n) is 15.9. The van der Waals surface area contributed by atoms with Gasteiger partial charge < -0.3 is 14.8 Å². The molecule has 0 saturated carbocycles. The van der Waals surface area contributed by atoms with Gasteiger partial charge in [0.1, 0.15) is 18.2 Å². The quantitative estimate of drug-likeness (QED) is 0.334. The van der Waals surface area contributed by atoms with Crippen molar-refractivity contribution >= 4 is 44.8 Å². The lowest BCUT2D eigenvalue weighted by Gasteiger charge is -2.16. The maximum absolute atomic E-state index is 14.0. The fourth-order valence-corrected chi connectivity index (χ4v) is 3.58. The first-order valence-corrected chi connectivity index (χ1v) is 10.6. The minimum atomic E-state index is -0.474. The van der Waals surface area contributed by atoms with Gasteiger partial charge in [-0.15, -0.1) is 0 Å². The third-order valence-electron chi connectivity index (χ3n) is 4.25. The highest BCUT2D eigenvalue weighted by Crippen LogP contribution is 2.35. The van der Waals surface area contributed by atoms with Gasteiger partial charge in [-0.25, -0.2) is 8.78 Å². The largest absolute Gasteiger partial charge is 0.490 e. The Morgan fingerprint density at radius 2 is 1.70 bits per heavy atom. The first-order chi connectivity index (χ1) is 14.4. The first kappa shape index (κ1) is 22.7. The van der Waals surface area contributed by atoms with Crippen LogP contribution in [0, 0.1) is 11.6 Å². The first-order valence-electron chi connectivity index (χ1n) is 9.09. The average molecular weight is 517 g/mol. The fraction of sp³-hybridized carbons (Fsp3) is 0.182. The van der Waals surface area contributed by atoms with Crippen molar-refractivity contribution in [2.24, 2.45) is 0 Å². The second-order valence-corrected chi connectivity index (χ2v) is 7.96. The number of benzene rings is 3. The summed E-state index contributed by atoms with van der Waals surface area (Å²) in [5.41, 5.74) is 1.84. The molecule has 1 N–H and O–H groups in total. The molecule has 0 aromatic heterocycles. The molecular weight excluding hydrogens is 499 g/mol. The van der Waals surface area contributed by atoms with E-state index in [0.717, 1.165) is 10.0 Å². The summed E-state index contributed by atoms with van der Waals surface area (Å²) in [6, 6.07) is 12.5. The number of rotatable bonds is 8. The van der Waals surface area contributed by atoms with E-state index in [1.54, 1.807) is 24.3 Å². The summed E-state index contributed by atoms with van der Waals surface area (Å²) in [5.74, 6) is 0.0653. The van der Waals surface area contributed by atoms with E-state index < -0.39 is 11.6 Å². The molecule has 158 valence electrons. The normalized spacial score (nSPS) is 10.7. The van der Waals surface area contributed by atoms with Crippen LogP contribution in [0.2, 0.25) is 10.0 Å². The number of halogens is 5. The van der Waals surface area contributed by atoms with E-state index in [-0.39, 0.29) is 17.2 Å². The molecule has 0 fully saturated rings. The molecule has 0 aliphatic carbocycles. The Morgan fingerprint density at radius 3 is 2.40 bits per heavy atom. The molecule has 0 heterocycles. The molecule has 0 radical (unpaired) electrons. The van der Waals surface area contributed by atoms with Crippen molar-refractivity contribution in [3.63, 3.8) is 0 Å². The highest BCUT2D eigenvalue weighted by molar-refractivity contribution is 9.10. The molecule has 0 amide bonds. The summed E-state index contributed by atoms with van der Waals surface area (Å²) >= 11 is 15.4. The molecule has 30 heavy (non-hydrogen) atoms. The third-order valence-corrected chi connectivity index (χ3v) is 5.63. The van der Waals surface area contributed by atoms with Crippen LogP contribution >= 0.6 is 39.1 Å². The van der Waals surface area contributed by atoms with Crippen molar-refractivity contribution in [1.82, 2.24) is 0 Å². The van der Waals surface area contributed by atoms with E-state index in [1.165, 1.54) is 18.2 Å². The fourth-order valence-electron chi connectivity index (χ4n) is 2.72. The van der Waals surface area contributed by atoms with Crippen LogP contribution < -0.4 is 14.8 Å². The standard InChI is InChI=1S/C22H18BrCl2F2NO2/c1-2-29-21-8-13(11-28-14-6-7-20(27)18(25)9-14)16(23)10-22(21)30-12-15-17(24)4-3-5-19(15)26/h3-10,28H,2,11-12H2,1H3. The van der Waals surface area contributed by atoms with Crippen LogP contribution in [0.25, 0.3) is 0 Å². The molecule has 0 spiro atoms. The van der Waals surface area contributed by atoms with Gasteiger partial charge in [0.2, 0.25) is 0 Å². The van der Waals surface area contributed by atoms with Gasteiger partial charge in [-0.3, -0.25) is 0 Å². The molecule has 8 heteroatoms. The van der Waals surface area contributed by atoms with E-state index in [4.69, 9.17) is 32.7 Å². The summed E-state index contributed by atoms with van der Waals surface area (Å²) in [6.45, 7) is 2.68. The van der Waals surface area contributed by atoms with Crippen LogP contribution in [0.5, 0.6) is 11.5 Å². The predicted molar refractivity (Wildman–Crippen MR) is 120 cm³/mol. The minimum absolute atomic E-state index is 0.0380. The van der Waals surface area contributed by atoms with E-state index in [0.29, 0.717) is 35.4 Å². The molecule has 3 aromatic carbocycles. The zero-order chi connectivity index (χ0) is 21.7. The van der Waals surface area contributed by atoms with Gasteiger partial charge in [-0.1, -0.05) is 45.2 Å². The van der Waals surface area contributed by atoms with Gasteiger partial charge in [-0.2, -0.15) is 0 Å². The minimum Gasteiger partial charge on any atom is -0.490 e. The number of hydrogen-bond donors (Lipinski definition) is 1. The SMILES string of the molecule is CCOc1cc(CNc2ccc(F)c(Cl)c2)c(Br)cc1OCc1c(F)cccc1Cl. The van der Waals surface area contributed by atoms with Gasteiger partial charge in [0.05, 0.1) is 16.7 Å². The smallest absolute Gasteiger partial charge is 0.162 e. The maximum Gasteiger partial charge on any atom is 0.162 e. The van der Waals surface area contributed by atoms with Crippen molar-refractivity contribution in [1.29, 1.82) is 0 Å². The summed E-state index contributed by atoms with van der Waals surface area (Å²) in [6.07, 6.45) is 0. The summed E-state index contributed by atoms with van der Waals surface area (Å²) < 4.78 is 39.6. The van der Waals surface area contributed by atoms with Crippen molar-refractivity contribution < 1.29 is 18.3 Å². The Kier molecular flexibility index (Phi) is 7.81. The van der Waals surface area contributed by atoms with E-state index in [9.17, 15) is 8.78 Å². The highest BCUT2D eigenvalue weighted by atomic mass is 79.9. The zero-order valence-corrected chi connectivity index (χ0v) is 19.0. The molecule has 0 saturated heterocycles. The molecule has 0 atom stereocenters. The second kappa shape index (κ2) is 10.3. The van der Waals surface area contributed by atoms with Gasteiger partial charge in [0.15, 0.2) is 11.5 Å². The molecule has 0 aliphatic rings. The van der Waals surface area contributed by atoms with Crippen molar-refractivity contribution in [3.8, 4) is 11.5 Å². The molecular formula is C22H18BrCl2F2NO2. The van der Waals surface area contributed by atoms with Crippen LogP contribution in [-0.2, 0) is 13.2 Å². The topological polar surface area (TPSA) is 30.5 Å². The predicted octanol–water partition coefficient (Wildman–Crippen LogP) is 7.62. The number of nitrogens with one attached hydrogen (secondary N) is 1. The summed E-state index contributed by atoms with van der Waals surface area (Å²) in [5, 5.41) is 3.53. The molecule has 3 nitrogen and oxygen atoms in total. The Hall–Kier alpha value is -2.02. The monoisotopic (exact) mass is 515 g/mol. The van der Waals surface area contributed by atoms with Gasteiger partial charge in [0.25, 0.3) is 0 Å². The Balaban J connectivity index is 1.78. The third kappa shape index (κ3) is 5.56. The van der Waals surface area contributed by atoms with Crippen LogP contribution in [0.1, 0.15) is 18.1 Å². The number of ether oxygens (including phenoxy) is 2. The van der Waals surface area contributed by atoms with Gasteiger partial charge >= 0.3 is 0 Å². The molecule has 3 aromatic rings. The highest BCUT2D eigenvalue weighted by Gasteiger charge is 2.14. The molecule has 0 aliphatic heterocycles.